The number of rotatable bonds is 2. The lowest BCUT2D eigenvalue weighted by Crippen LogP contribution is -2.48. The minimum absolute atomic E-state index is 0.332. The van der Waals surface area contributed by atoms with Gasteiger partial charge in [0.1, 0.15) is 0 Å². The van der Waals surface area contributed by atoms with Crippen molar-refractivity contribution < 1.29 is 4.79 Å². The Morgan fingerprint density at radius 1 is 1.05 bits per heavy atom. The maximum Gasteiger partial charge on any atom is 0.225 e. The van der Waals surface area contributed by atoms with E-state index in [2.05, 4.69) is 17.1 Å². The molecule has 0 spiro atoms. The van der Waals surface area contributed by atoms with E-state index in [1.165, 1.54) is 38.5 Å². The molecule has 0 radical (unpaired) electrons. The third kappa shape index (κ3) is 2.81. The van der Waals surface area contributed by atoms with E-state index in [1.807, 2.05) is 0 Å². The maximum absolute atomic E-state index is 12.8. The van der Waals surface area contributed by atoms with E-state index in [4.69, 9.17) is 0 Å². The van der Waals surface area contributed by atoms with Crippen LogP contribution in [-0.2, 0) is 4.79 Å². The number of hydrogen-bond donors (Lipinski definition) is 1. The molecule has 2 unspecified atom stereocenters. The molecule has 1 saturated carbocycles. The molecule has 2 heterocycles. The lowest BCUT2D eigenvalue weighted by atomic mass is 9.82. The lowest BCUT2D eigenvalue weighted by Gasteiger charge is -2.34. The predicted molar refractivity (Wildman–Crippen MR) is 76.9 cm³/mol. The van der Waals surface area contributed by atoms with Crippen LogP contribution in [0.1, 0.15) is 58.3 Å². The molecule has 1 N–H and O–H groups in total. The summed E-state index contributed by atoms with van der Waals surface area (Å²) < 4.78 is 0. The Kier molecular flexibility index (Phi) is 4.11. The number of amides is 1. The van der Waals surface area contributed by atoms with Gasteiger partial charge in [0.05, 0.1) is 0 Å². The van der Waals surface area contributed by atoms with Gasteiger partial charge in [0.15, 0.2) is 0 Å². The highest BCUT2D eigenvalue weighted by Crippen LogP contribution is 2.33. The van der Waals surface area contributed by atoms with Crippen molar-refractivity contribution in [2.75, 3.05) is 13.1 Å². The number of nitrogens with one attached hydrogen (secondary N) is 1. The van der Waals surface area contributed by atoms with Crippen LogP contribution in [-0.4, -0.2) is 36.0 Å². The number of hydrogen-bond acceptors (Lipinski definition) is 2. The molecular weight excluding hydrogens is 236 g/mol. The van der Waals surface area contributed by atoms with Crippen molar-refractivity contribution in [2.24, 2.45) is 11.8 Å². The van der Waals surface area contributed by atoms with Crippen LogP contribution < -0.4 is 5.32 Å². The number of carbonyl (C=O) groups is 1. The first kappa shape index (κ1) is 13.4. The third-order valence-electron chi connectivity index (χ3n) is 5.51. The molecule has 108 valence electrons. The second-order valence-corrected chi connectivity index (χ2v) is 6.90. The molecule has 0 aromatic carbocycles. The van der Waals surface area contributed by atoms with Crippen LogP contribution in [0.3, 0.4) is 0 Å². The summed E-state index contributed by atoms with van der Waals surface area (Å²) in [6.07, 6.45) is 9.71. The summed E-state index contributed by atoms with van der Waals surface area (Å²) in [5.74, 6) is 1.64. The highest BCUT2D eigenvalue weighted by Gasteiger charge is 2.38. The minimum atomic E-state index is 0.332. The van der Waals surface area contributed by atoms with Crippen molar-refractivity contribution in [2.45, 2.75) is 70.4 Å². The van der Waals surface area contributed by atoms with Crippen LogP contribution in [0, 0.1) is 11.8 Å². The largest absolute Gasteiger partial charge is 0.338 e. The fourth-order valence-electron chi connectivity index (χ4n) is 4.27. The second kappa shape index (κ2) is 5.82. The van der Waals surface area contributed by atoms with Gasteiger partial charge in [-0.3, -0.25) is 4.79 Å². The molecule has 0 aromatic heterocycles. The molecule has 3 rings (SSSR count). The summed E-state index contributed by atoms with van der Waals surface area (Å²) in [6.45, 7) is 4.47. The molecule has 3 heteroatoms. The van der Waals surface area contributed by atoms with Crippen molar-refractivity contribution in [1.82, 2.24) is 10.2 Å². The third-order valence-corrected chi connectivity index (χ3v) is 5.51. The first-order valence-corrected chi connectivity index (χ1v) is 8.29. The highest BCUT2D eigenvalue weighted by atomic mass is 16.2. The number of likely N-dealkylation sites (tertiary alicyclic amines) is 1. The van der Waals surface area contributed by atoms with Crippen LogP contribution in [0.5, 0.6) is 0 Å². The normalized spacial score (nSPS) is 39.7. The van der Waals surface area contributed by atoms with E-state index in [0.717, 1.165) is 31.8 Å². The maximum atomic E-state index is 12.8. The van der Waals surface area contributed by atoms with Gasteiger partial charge < -0.3 is 10.2 Å². The average Bonchev–Trinajstić information content (AvgIpc) is 3.09. The Morgan fingerprint density at radius 2 is 1.84 bits per heavy atom. The van der Waals surface area contributed by atoms with Gasteiger partial charge in [0.2, 0.25) is 5.91 Å². The SMILES string of the molecule is CC1CCC(C(=O)N2CCCC2C2CCCN2)CC1. The van der Waals surface area contributed by atoms with Gasteiger partial charge in [-0.1, -0.05) is 6.92 Å². The second-order valence-electron chi connectivity index (χ2n) is 6.90. The highest BCUT2D eigenvalue weighted by molar-refractivity contribution is 5.79. The van der Waals surface area contributed by atoms with Crippen LogP contribution in [0.2, 0.25) is 0 Å². The van der Waals surface area contributed by atoms with Crippen molar-refractivity contribution in [3.63, 3.8) is 0 Å². The Bertz CT molecular complexity index is 317. The van der Waals surface area contributed by atoms with Crippen molar-refractivity contribution in [1.29, 1.82) is 0 Å². The zero-order chi connectivity index (χ0) is 13.2. The summed E-state index contributed by atoms with van der Waals surface area (Å²) in [5.41, 5.74) is 0. The fraction of sp³-hybridized carbons (Fsp3) is 0.938. The Labute approximate surface area is 117 Å². The molecule has 1 aliphatic carbocycles. The van der Waals surface area contributed by atoms with E-state index in [-0.39, 0.29) is 0 Å². The van der Waals surface area contributed by atoms with Gasteiger partial charge in [-0.2, -0.15) is 0 Å². The van der Waals surface area contributed by atoms with Gasteiger partial charge in [-0.25, -0.2) is 0 Å². The minimum Gasteiger partial charge on any atom is -0.338 e. The van der Waals surface area contributed by atoms with Gasteiger partial charge in [-0.15, -0.1) is 0 Å². The molecule has 2 saturated heterocycles. The molecular formula is C16H28N2O. The van der Waals surface area contributed by atoms with Gasteiger partial charge in [-0.05, 0) is 63.8 Å². The van der Waals surface area contributed by atoms with Gasteiger partial charge in [0.25, 0.3) is 0 Å². The molecule has 1 amide bonds. The summed E-state index contributed by atoms with van der Waals surface area (Å²) in [5, 5.41) is 3.60. The molecule has 2 aliphatic heterocycles. The molecule has 2 atom stereocenters. The zero-order valence-corrected chi connectivity index (χ0v) is 12.2. The van der Waals surface area contributed by atoms with Crippen molar-refractivity contribution >= 4 is 5.91 Å². The Hall–Kier alpha value is -0.570. The molecule has 19 heavy (non-hydrogen) atoms. The molecule has 3 aliphatic rings. The summed E-state index contributed by atoms with van der Waals surface area (Å²) in [4.78, 5) is 15.0. The number of nitrogens with zero attached hydrogens (tertiary/aromatic N) is 1. The lowest BCUT2D eigenvalue weighted by molar-refractivity contribution is -0.138. The first-order chi connectivity index (χ1) is 9.25. The predicted octanol–water partition coefficient (Wildman–Crippen LogP) is 2.56. The van der Waals surface area contributed by atoms with Crippen LogP contribution in [0.25, 0.3) is 0 Å². The summed E-state index contributed by atoms with van der Waals surface area (Å²) in [7, 11) is 0. The van der Waals surface area contributed by atoms with E-state index >= 15 is 0 Å². The van der Waals surface area contributed by atoms with E-state index in [0.29, 0.717) is 23.9 Å². The summed E-state index contributed by atoms with van der Waals surface area (Å²) in [6, 6.07) is 1.07. The van der Waals surface area contributed by atoms with E-state index < -0.39 is 0 Å². The summed E-state index contributed by atoms with van der Waals surface area (Å²) >= 11 is 0. The van der Waals surface area contributed by atoms with Crippen molar-refractivity contribution in [3.05, 3.63) is 0 Å². The standard InChI is InChI=1S/C16H28N2O/c1-12-6-8-13(9-7-12)16(19)18-11-3-5-15(18)14-4-2-10-17-14/h12-15,17H,2-11H2,1H3. The van der Waals surface area contributed by atoms with E-state index in [1.54, 1.807) is 0 Å². The molecule has 3 fully saturated rings. The topological polar surface area (TPSA) is 32.3 Å². The smallest absolute Gasteiger partial charge is 0.225 e. The van der Waals surface area contributed by atoms with E-state index in [9.17, 15) is 4.79 Å². The monoisotopic (exact) mass is 264 g/mol. The fourth-order valence-corrected chi connectivity index (χ4v) is 4.27. The van der Waals surface area contributed by atoms with Crippen LogP contribution in [0.4, 0.5) is 0 Å². The van der Waals surface area contributed by atoms with Gasteiger partial charge in [0, 0.05) is 24.5 Å². The van der Waals surface area contributed by atoms with Crippen LogP contribution >= 0.6 is 0 Å². The van der Waals surface area contributed by atoms with Gasteiger partial charge >= 0.3 is 0 Å². The first-order valence-electron chi connectivity index (χ1n) is 8.29. The molecule has 3 nitrogen and oxygen atoms in total. The van der Waals surface area contributed by atoms with Crippen LogP contribution in [0.15, 0.2) is 0 Å². The molecule has 0 bridgehead atoms. The quantitative estimate of drug-likeness (QED) is 0.831. The zero-order valence-electron chi connectivity index (χ0n) is 12.2. The Balaban J connectivity index is 1.61. The Morgan fingerprint density at radius 3 is 2.53 bits per heavy atom. The molecule has 0 aromatic rings. The number of carbonyl (C=O) groups excluding carboxylic acids is 1. The van der Waals surface area contributed by atoms with Crippen molar-refractivity contribution in [3.8, 4) is 0 Å². The average molecular weight is 264 g/mol.